The minimum absolute atomic E-state index is 0.0845. The molecule has 1 fully saturated rings. The smallest absolute Gasteiger partial charge is 0.305 e. The number of rotatable bonds is 21. The number of hydrogen-bond donors (Lipinski definition) is 4. The third-order valence-electron chi connectivity index (χ3n) is 7.76. The Labute approximate surface area is 279 Å². The van der Waals surface area contributed by atoms with Crippen molar-refractivity contribution in [2.24, 2.45) is 5.92 Å². The number of nitrogens with zero attached hydrogens (tertiary/aromatic N) is 1. The summed E-state index contributed by atoms with van der Waals surface area (Å²) in [5, 5.41) is 11.7. The molecule has 0 unspecified atom stereocenters. The Balaban J connectivity index is 1.58. The summed E-state index contributed by atoms with van der Waals surface area (Å²) < 4.78 is 16.2. The van der Waals surface area contributed by atoms with E-state index < -0.39 is 23.9 Å². The molecule has 13 heteroatoms. The second kappa shape index (κ2) is 22.1. The van der Waals surface area contributed by atoms with Crippen molar-refractivity contribution in [3.63, 3.8) is 0 Å². The van der Waals surface area contributed by atoms with Gasteiger partial charge in [-0.3, -0.25) is 24.0 Å². The van der Waals surface area contributed by atoms with E-state index in [-0.39, 0.29) is 43.3 Å². The zero-order chi connectivity index (χ0) is 34.6. The standard InChI is InChI=1S/C34H55N5O8/c1-6-8-30(41)39-17-13-27(14-18-39)35-16-20-46-22-21-45-19-15-29(40)38-32(24(3)4)34(44)36-25(5)33(43)37-28-11-9-26(10-12-28)23-47-31(42)7-2/h9-12,24-25,27,32,35H,6-8,13-23H2,1-5H3,(H,36,44)(H,37,43)(H,38,40)/t25-,32-/m0/s1. The number of nitrogens with one attached hydrogen (secondary N) is 4. The Morgan fingerprint density at radius 1 is 0.851 bits per heavy atom. The SMILES string of the molecule is CCCC(=O)N1CCC(NCCOCCOCCC(=O)N[C@H](C(=O)N[C@@H](C)C(=O)Nc2ccc(COC(=O)CC)cc2)C(C)C)CC1. The van der Waals surface area contributed by atoms with Crippen molar-refractivity contribution in [3.05, 3.63) is 29.8 Å². The highest BCUT2D eigenvalue weighted by Gasteiger charge is 2.27. The highest BCUT2D eigenvalue weighted by molar-refractivity contribution is 5.98. The summed E-state index contributed by atoms with van der Waals surface area (Å²) in [6.45, 7) is 12.9. The van der Waals surface area contributed by atoms with Gasteiger partial charge in [-0.2, -0.15) is 0 Å². The fourth-order valence-electron chi connectivity index (χ4n) is 4.88. The molecule has 0 radical (unpaired) electrons. The van der Waals surface area contributed by atoms with Crippen LogP contribution in [0.5, 0.6) is 0 Å². The van der Waals surface area contributed by atoms with E-state index in [4.69, 9.17) is 14.2 Å². The monoisotopic (exact) mass is 661 g/mol. The molecule has 13 nitrogen and oxygen atoms in total. The molecule has 264 valence electrons. The van der Waals surface area contributed by atoms with Crippen LogP contribution in [0.3, 0.4) is 0 Å². The van der Waals surface area contributed by atoms with Crippen LogP contribution in [-0.4, -0.2) is 98.7 Å². The average molecular weight is 662 g/mol. The van der Waals surface area contributed by atoms with Crippen LogP contribution < -0.4 is 21.3 Å². The first-order chi connectivity index (χ1) is 22.5. The van der Waals surface area contributed by atoms with Gasteiger partial charge < -0.3 is 40.4 Å². The van der Waals surface area contributed by atoms with Gasteiger partial charge >= 0.3 is 5.97 Å². The van der Waals surface area contributed by atoms with Crippen molar-refractivity contribution < 1.29 is 38.2 Å². The summed E-state index contributed by atoms with van der Waals surface area (Å²) in [7, 11) is 0. The molecular weight excluding hydrogens is 606 g/mol. The molecule has 1 heterocycles. The molecule has 0 saturated carbocycles. The Hall–Kier alpha value is -3.55. The normalized spacial score (nSPS) is 14.7. The quantitative estimate of drug-likeness (QED) is 0.115. The largest absolute Gasteiger partial charge is 0.461 e. The molecule has 0 spiro atoms. The third kappa shape index (κ3) is 15.7. The van der Waals surface area contributed by atoms with Gasteiger partial charge in [0, 0.05) is 50.6 Å². The third-order valence-corrected chi connectivity index (χ3v) is 7.76. The van der Waals surface area contributed by atoms with Crippen molar-refractivity contribution >= 4 is 35.3 Å². The lowest BCUT2D eigenvalue weighted by molar-refractivity contribution is -0.144. The van der Waals surface area contributed by atoms with Crippen molar-refractivity contribution in [2.45, 2.75) is 97.9 Å². The molecule has 0 aliphatic carbocycles. The van der Waals surface area contributed by atoms with Crippen LogP contribution in [0, 0.1) is 5.92 Å². The number of benzene rings is 1. The van der Waals surface area contributed by atoms with Crippen LogP contribution in [0.4, 0.5) is 5.69 Å². The van der Waals surface area contributed by atoms with Gasteiger partial charge in [-0.05, 0) is 49.8 Å². The first-order valence-electron chi connectivity index (χ1n) is 16.9. The van der Waals surface area contributed by atoms with Crippen LogP contribution in [0.25, 0.3) is 0 Å². The van der Waals surface area contributed by atoms with Crippen LogP contribution in [0.2, 0.25) is 0 Å². The zero-order valence-corrected chi connectivity index (χ0v) is 28.7. The van der Waals surface area contributed by atoms with E-state index >= 15 is 0 Å². The summed E-state index contributed by atoms with van der Waals surface area (Å²) in [6, 6.07) is 5.59. The molecule has 2 rings (SSSR count). The lowest BCUT2D eigenvalue weighted by Crippen LogP contribution is -2.53. The predicted octanol–water partition coefficient (Wildman–Crippen LogP) is 2.53. The number of esters is 1. The first kappa shape index (κ1) is 39.6. The summed E-state index contributed by atoms with van der Waals surface area (Å²) in [5.74, 6) is -1.44. The van der Waals surface area contributed by atoms with Gasteiger partial charge in [0.15, 0.2) is 0 Å². The highest BCUT2D eigenvalue weighted by atomic mass is 16.5. The maximum absolute atomic E-state index is 12.9. The van der Waals surface area contributed by atoms with Crippen molar-refractivity contribution in [3.8, 4) is 0 Å². The molecule has 47 heavy (non-hydrogen) atoms. The second-order valence-electron chi connectivity index (χ2n) is 12.1. The minimum Gasteiger partial charge on any atom is -0.461 e. The zero-order valence-electron chi connectivity index (χ0n) is 28.7. The van der Waals surface area contributed by atoms with E-state index in [0.29, 0.717) is 44.4 Å². The molecule has 1 aromatic carbocycles. The van der Waals surface area contributed by atoms with Crippen LogP contribution in [-0.2, 0) is 44.8 Å². The van der Waals surface area contributed by atoms with E-state index in [0.717, 1.165) is 44.5 Å². The Kier molecular flexibility index (Phi) is 18.6. The molecule has 1 aromatic rings. The number of amides is 4. The fraction of sp³-hybridized carbons (Fsp3) is 0.676. The van der Waals surface area contributed by atoms with Gasteiger partial charge in [0.05, 0.1) is 26.4 Å². The molecule has 4 amide bonds. The fourth-order valence-corrected chi connectivity index (χ4v) is 4.88. The van der Waals surface area contributed by atoms with Gasteiger partial charge in [-0.1, -0.05) is 39.8 Å². The average Bonchev–Trinajstić information content (AvgIpc) is 3.06. The van der Waals surface area contributed by atoms with Gasteiger partial charge in [-0.25, -0.2) is 0 Å². The summed E-state index contributed by atoms with van der Waals surface area (Å²) in [4.78, 5) is 63.4. The van der Waals surface area contributed by atoms with Crippen LogP contribution >= 0.6 is 0 Å². The predicted molar refractivity (Wildman–Crippen MR) is 178 cm³/mol. The minimum atomic E-state index is -0.848. The lowest BCUT2D eigenvalue weighted by atomic mass is 10.0. The molecule has 1 aliphatic rings. The molecule has 0 aromatic heterocycles. The van der Waals surface area contributed by atoms with Crippen molar-refractivity contribution in [1.29, 1.82) is 0 Å². The van der Waals surface area contributed by atoms with Crippen LogP contribution in [0.15, 0.2) is 24.3 Å². The number of likely N-dealkylation sites (tertiary alicyclic amines) is 1. The molecular formula is C34H55N5O8. The van der Waals surface area contributed by atoms with E-state index in [2.05, 4.69) is 21.3 Å². The summed E-state index contributed by atoms with van der Waals surface area (Å²) in [6.07, 6.45) is 3.79. The molecule has 2 atom stereocenters. The van der Waals surface area contributed by atoms with Crippen molar-refractivity contribution in [1.82, 2.24) is 20.9 Å². The number of anilines is 1. The number of carbonyl (C=O) groups is 5. The topological polar surface area (TPSA) is 164 Å². The molecule has 1 aliphatic heterocycles. The second-order valence-corrected chi connectivity index (χ2v) is 12.1. The summed E-state index contributed by atoms with van der Waals surface area (Å²) in [5.41, 5.74) is 1.32. The Bertz CT molecular complexity index is 1120. The van der Waals surface area contributed by atoms with E-state index in [1.807, 2.05) is 25.7 Å². The Morgan fingerprint density at radius 2 is 1.51 bits per heavy atom. The first-order valence-corrected chi connectivity index (χ1v) is 16.9. The number of ether oxygens (including phenoxy) is 3. The number of carbonyl (C=O) groups excluding carboxylic acids is 5. The van der Waals surface area contributed by atoms with E-state index in [1.54, 1.807) is 38.1 Å². The number of hydrogen-bond acceptors (Lipinski definition) is 9. The lowest BCUT2D eigenvalue weighted by Gasteiger charge is -2.32. The van der Waals surface area contributed by atoms with Gasteiger partial charge in [-0.15, -0.1) is 0 Å². The maximum atomic E-state index is 12.9. The van der Waals surface area contributed by atoms with Crippen LogP contribution in [0.1, 0.15) is 78.7 Å². The molecule has 1 saturated heterocycles. The molecule has 0 bridgehead atoms. The van der Waals surface area contributed by atoms with E-state index in [9.17, 15) is 24.0 Å². The van der Waals surface area contributed by atoms with Gasteiger partial charge in [0.25, 0.3) is 0 Å². The highest BCUT2D eigenvalue weighted by Crippen LogP contribution is 2.13. The van der Waals surface area contributed by atoms with E-state index in [1.165, 1.54) is 0 Å². The Morgan fingerprint density at radius 3 is 2.13 bits per heavy atom. The maximum Gasteiger partial charge on any atom is 0.305 e. The van der Waals surface area contributed by atoms with Crippen molar-refractivity contribution in [2.75, 3.05) is 51.4 Å². The van der Waals surface area contributed by atoms with Gasteiger partial charge in [0.2, 0.25) is 23.6 Å². The molecule has 4 N–H and O–H groups in total. The number of piperidine rings is 1. The summed E-state index contributed by atoms with van der Waals surface area (Å²) >= 11 is 0. The van der Waals surface area contributed by atoms with Gasteiger partial charge in [0.1, 0.15) is 18.7 Å².